The Labute approximate surface area is 45.1 Å². The Morgan fingerprint density at radius 2 is 1.71 bits per heavy atom. The molecule has 0 saturated heterocycles. The summed E-state index contributed by atoms with van der Waals surface area (Å²) in [6.45, 7) is 6.32. The molecule has 0 spiro atoms. The Morgan fingerprint density at radius 1 is 1.29 bits per heavy atom. The summed E-state index contributed by atoms with van der Waals surface area (Å²) in [5, 5.41) is 0. The zero-order valence-electron chi connectivity index (χ0n) is 5.23. The highest BCUT2D eigenvalue weighted by atomic mass is 15.2. The van der Waals surface area contributed by atoms with Crippen molar-refractivity contribution in [1.29, 1.82) is 0 Å². The number of hydrazine groups is 1. The average molecular weight is 102 g/mol. The highest BCUT2D eigenvalue weighted by molar-refractivity contribution is 4.58. The smallest absolute Gasteiger partial charge is 0.0205 e. The molecule has 1 atom stereocenters. The van der Waals surface area contributed by atoms with Gasteiger partial charge in [0.1, 0.15) is 0 Å². The van der Waals surface area contributed by atoms with Gasteiger partial charge in [0.05, 0.1) is 0 Å². The van der Waals surface area contributed by atoms with Crippen LogP contribution in [-0.2, 0) is 0 Å². The molecule has 0 aromatic heterocycles. The van der Waals surface area contributed by atoms with Gasteiger partial charge in [-0.15, -0.1) is 0 Å². The minimum atomic E-state index is 0.431. The van der Waals surface area contributed by atoms with Gasteiger partial charge < -0.3 is 0 Å². The fourth-order valence-corrected chi connectivity index (χ4v) is 0.192. The molecule has 0 amide bonds. The number of nitrogens with one attached hydrogen (secondary N) is 1. The SMILES string of the molecule is CC(C)C(C)NN. The van der Waals surface area contributed by atoms with Gasteiger partial charge in [0.2, 0.25) is 0 Å². The van der Waals surface area contributed by atoms with E-state index in [9.17, 15) is 0 Å². The molecule has 0 rings (SSSR count). The molecular weight excluding hydrogens is 88.1 g/mol. The summed E-state index contributed by atoms with van der Waals surface area (Å²) >= 11 is 0. The number of nitrogens with two attached hydrogens (primary N) is 1. The van der Waals surface area contributed by atoms with E-state index >= 15 is 0 Å². The summed E-state index contributed by atoms with van der Waals surface area (Å²) in [7, 11) is 0. The van der Waals surface area contributed by atoms with Gasteiger partial charge in [0.15, 0.2) is 0 Å². The standard InChI is InChI=1S/C5H14N2/c1-4(2)5(3)7-6/h4-5,7H,6H2,1-3H3. The first kappa shape index (κ1) is 6.92. The van der Waals surface area contributed by atoms with Gasteiger partial charge in [-0.1, -0.05) is 13.8 Å². The van der Waals surface area contributed by atoms with Crippen LogP contribution in [-0.4, -0.2) is 6.04 Å². The molecule has 0 aliphatic carbocycles. The van der Waals surface area contributed by atoms with E-state index in [0.29, 0.717) is 12.0 Å². The van der Waals surface area contributed by atoms with Crippen LogP contribution in [0.2, 0.25) is 0 Å². The summed E-state index contributed by atoms with van der Waals surface area (Å²) in [5.74, 6) is 5.75. The first-order valence-corrected chi connectivity index (χ1v) is 2.64. The first-order chi connectivity index (χ1) is 3.18. The third-order valence-corrected chi connectivity index (χ3v) is 1.26. The van der Waals surface area contributed by atoms with E-state index in [2.05, 4.69) is 26.2 Å². The second-order valence-corrected chi connectivity index (χ2v) is 2.20. The monoisotopic (exact) mass is 102 g/mol. The predicted octanol–water partition coefficient (Wildman–Crippen LogP) is 0.494. The quantitative estimate of drug-likeness (QED) is 0.393. The zero-order chi connectivity index (χ0) is 5.86. The van der Waals surface area contributed by atoms with Crippen molar-refractivity contribution in [3.05, 3.63) is 0 Å². The van der Waals surface area contributed by atoms with Crippen LogP contribution < -0.4 is 11.3 Å². The molecule has 0 aromatic rings. The van der Waals surface area contributed by atoms with Crippen LogP contribution in [0.5, 0.6) is 0 Å². The van der Waals surface area contributed by atoms with Crippen molar-refractivity contribution < 1.29 is 0 Å². The van der Waals surface area contributed by atoms with Gasteiger partial charge >= 0.3 is 0 Å². The normalized spacial score (nSPS) is 15.0. The number of hydrogen-bond donors (Lipinski definition) is 2. The topological polar surface area (TPSA) is 38.0 Å². The van der Waals surface area contributed by atoms with Crippen molar-refractivity contribution in [1.82, 2.24) is 5.43 Å². The van der Waals surface area contributed by atoms with E-state index < -0.39 is 0 Å². The highest BCUT2D eigenvalue weighted by Gasteiger charge is 2.00. The van der Waals surface area contributed by atoms with Crippen molar-refractivity contribution in [2.75, 3.05) is 0 Å². The van der Waals surface area contributed by atoms with Crippen LogP contribution in [0.25, 0.3) is 0 Å². The van der Waals surface area contributed by atoms with Crippen molar-refractivity contribution >= 4 is 0 Å². The second kappa shape index (κ2) is 2.99. The molecular formula is C5H14N2. The fraction of sp³-hybridized carbons (Fsp3) is 1.00. The molecule has 0 aliphatic rings. The number of hydrogen-bond acceptors (Lipinski definition) is 2. The highest BCUT2D eigenvalue weighted by Crippen LogP contribution is 1.96. The fourth-order valence-electron chi connectivity index (χ4n) is 0.192. The lowest BCUT2D eigenvalue weighted by Gasteiger charge is -2.12. The lowest BCUT2D eigenvalue weighted by Crippen LogP contribution is -2.36. The summed E-state index contributed by atoms with van der Waals surface area (Å²) < 4.78 is 0. The summed E-state index contributed by atoms with van der Waals surface area (Å²) in [6, 6.07) is 0.431. The molecule has 2 heteroatoms. The largest absolute Gasteiger partial charge is 0.271 e. The van der Waals surface area contributed by atoms with Gasteiger partial charge in [-0.3, -0.25) is 11.3 Å². The summed E-state index contributed by atoms with van der Waals surface area (Å²) in [4.78, 5) is 0. The van der Waals surface area contributed by atoms with Gasteiger partial charge in [-0.2, -0.15) is 0 Å². The van der Waals surface area contributed by atoms with Crippen LogP contribution in [0.4, 0.5) is 0 Å². The molecule has 0 heterocycles. The van der Waals surface area contributed by atoms with E-state index in [1.54, 1.807) is 0 Å². The van der Waals surface area contributed by atoms with Crippen LogP contribution >= 0.6 is 0 Å². The van der Waals surface area contributed by atoms with Gasteiger partial charge in [0.25, 0.3) is 0 Å². The van der Waals surface area contributed by atoms with Crippen molar-refractivity contribution in [2.24, 2.45) is 11.8 Å². The first-order valence-electron chi connectivity index (χ1n) is 2.64. The minimum absolute atomic E-state index is 0.431. The van der Waals surface area contributed by atoms with Crippen molar-refractivity contribution in [3.63, 3.8) is 0 Å². The van der Waals surface area contributed by atoms with Crippen molar-refractivity contribution in [2.45, 2.75) is 26.8 Å². The molecule has 0 aromatic carbocycles. The van der Waals surface area contributed by atoms with Gasteiger partial charge in [-0.05, 0) is 12.8 Å². The third kappa shape index (κ3) is 2.60. The minimum Gasteiger partial charge on any atom is -0.271 e. The third-order valence-electron chi connectivity index (χ3n) is 1.26. The Bertz CT molecular complexity index is 43.3. The summed E-state index contributed by atoms with van der Waals surface area (Å²) in [6.07, 6.45) is 0. The maximum absolute atomic E-state index is 5.12. The van der Waals surface area contributed by atoms with E-state index in [-0.39, 0.29) is 0 Å². The van der Waals surface area contributed by atoms with E-state index in [1.807, 2.05) is 0 Å². The van der Waals surface area contributed by atoms with Crippen LogP contribution in [0.3, 0.4) is 0 Å². The Kier molecular flexibility index (Phi) is 2.96. The molecule has 7 heavy (non-hydrogen) atoms. The molecule has 1 unspecified atom stereocenters. The van der Waals surface area contributed by atoms with E-state index in [1.165, 1.54) is 0 Å². The van der Waals surface area contributed by atoms with Gasteiger partial charge in [0, 0.05) is 6.04 Å². The van der Waals surface area contributed by atoms with Crippen LogP contribution in [0.15, 0.2) is 0 Å². The Morgan fingerprint density at radius 3 is 1.71 bits per heavy atom. The Balaban J connectivity index is 3.14. The zero-order valence-corrected chi connectivity index (χ0v) is 5.23. The molecule has 0 radical (unpaired) electrons. The maximum Gasteiger partial charge on any atom is 0.0205 e. The van der Waals surface area contributed by atoms with Crippen molar-refractivity contribution in [3.8, 4) is 0 Å². The molecule has 0 aliphatic heterocycles. The van der Waals surface area contributed by atoms with E-state index in [0.717, 1.165) is 0 Å². The molecule has 2 nitrogen and oxygen atoms in total. The predicted molar refractivity (Wildman–Crippen MR) is 31.6 cm³/mol. The Hall–Kier alpha value is -0.0800. The van der Waals surface area contributed by atoms with E-state index in [4.69, 9.17) is 5.84 Å². The average Bonchev–Trinajstić information content (AvgIpc) is 1.65. The molecule has 0 fully saturated rings. The molecule has 0 bridgehead atoms. The summed E-state index contributed by atoms with van der Waals surface area (Å²) in [5.41, 5.74) is 2.66. The molecule has 0 saturated carbocycles. The van der Waals surface area contributed by atoms with Gasteiger partial charge in [-0.25, -0.2) is 0 Å². The molecule has 3 N–H and O–H groups in total. The van der Waals surface area contributed by atoms with Crippen LogP contribution in [0, 0.1) is 5.92 Å². The second-order valence-electron chi connectivity index (χ2n) is 2.20. The lowest BCUT2D eigenvalue weighted by molar-refractivity contribution is 0.437. The number of rotatable bonds is 2. The van der Waals surface area contributed by atoms with Crippen LogP contribution in [0.1, 0.15) is 20.8 Å². The lowest BCUT2D eigenvalue weighted by atomic mass is 10.1. The molecule has 44 valence electrons. The maximum atomic E-state index is 5.12.